The number of sulfonamides is 1. The molecule has 2 aromatic carbocycles. The third kappa shape index (κ3) is 4.87. The quantitative estimate of drug-likeness (QED) is 0.499. The van der Waals surface area contributed by atoms with Crippen LogP contribution >= 0.6 is 11.3 Å². The molecule has 8 heteroatoms. The van der Waals surface area contributed by atoms with Gasteiger partial charge in [0.25, 0.3) is 10.0 Å². The van der Waals surface area contributed by atoms with Crippen LogP contribution in [0.2, 0.25) is 0 Å². The number of methoxy groups -OCH3 is 1. The van der Waals surface area contributed by atoms with E-state index in [-0.39, 0.29) is 16.8 Å². The van der Waals surface area contributed by atoms with Crippen LogP contribution in [0.3, 0.4) is 0 Å². The molecule has 166 valence electrons. The Kier molecular flexibility index (Phi) is 6.62. The van der Waals surface area contributed by atoms with E-state index in [2.05, 4.69) is 10.8 Å². The molecule has 1 aliphatic rings. The lowest BCUT2D eigenvalue weighted by atomic mass is 10.2. The number of nitrogens with zero attached hydrogens (tertiary/aromatic N) is 1. The number of hydrogen-bond donors (Lipinski definition) is 1. The zero-order valence-electron chi connectivity index (χ0n) is 17.6. The van der Waals surface area contributed by atoms with Crippen molar-refractivity contribution in [3.05, 3.63) is 82.6 Å². The van der Waals surface area contributed by atoms with Crippen LogP contribution in [0.4, 0.5) is 5.69 Å². The predicted octanol–water partition coefficient (Wildman–Crippen LogP) is 4.93. The summed E-state index contributed by atoms with van der Waals surface area (Å²) in [5.41, 5.74) is 1.12. The number of rotatable bonds is 7. The molecule has 1 atom stereocenters. The molecule has 1 fully saturated rings. The first kappa shape index (κ1) is 22.1. The highest BCUT2D eigenvalue weighted by Gasteiger charge is 2.29. The van der Waals surface area contributed by atoms with Crippen molar-refractivity contribution in [3.63, 3.8) is 0 Å². The minimum absolute atomic E-state index is 0.0320. The van der Waals surface area contributed by atoms with Crippen LogP contribution in [0.25, 0.3) is 6.08 Å². The molecule has 0 aliphatic carbocycles. The molecule has 1 aliphatic heterocycles. The maximum Gasteiger partial charge on any atom is 0.262 e. The number of carbonyl (C=O) groups excluding carboxylic acids is 1. The lowest BCUT2D eigenvalue weighted by molar-refractivity contribution is -0.126. The third-order valence-corrected chi connectivity index (χ3v) is 7.72. The lowest BCUT2D eigenvalue weighted by Crippen LogP contribution is -2.28. The van der Waals surface area contributed by atoms with Crippen molar-refractivity contribution >= 4 is 39.0 Å². The summed E-state index contributed by atoms with van der Waals surface area (Å²) < 4.78 is 33.2. The Labute approximate surface area is 192 Å². The highest BCUT2D eigenvalue weighted by molar-refractivity contribution is 7.92. The Hall–Kier alpha value is -3.10. The summed E-state index contributed by atoms with van der Waals surface area (Å²) in [5, 5.41) is 2.03. The van der Waals surface area contributed by atoms with Gasteiger partial charge in [-0.1, -0.05) is 30.3 Å². The number of anilines is 1. The molecule has 1 unspecified atom stereocenters. The van der Waals surface area contributed by atoms with Crippen molar-refractivity contribution in [2.75, 3.05) is 18.4 Å². The van der Waals surface area contributed by atoms with Crippen molar-refractivity contribution in [3.8, 4) is 5.75 Å². The monoisotopic (exact) mass is 468 g/mol. The van der Waals surface area contributed by atoms with Gasteiger partial charge < -0.3 is 9.64 Å². The fraction of sp³-hybridized carbons (Fsp3) is 0.208. The maximum absolute atomic E-state index is 12.7. The molecule has 1 saturated heterocycles. The second kappa shape index (κ2) is 9.58. The summed E-state index contributed by atoms with van der Waals surface area (Å²) in [6.45, 7) is 0.748. The van der Waals surface area contributed by atoms with Gasteiger partial charge in [-0.3, -0.25) is 9.52 Å². The zero-order chi connectivity index (χ0) is 22.6. The number of nitrogens with one attached hydrogen (secondary N) is 1. The van der Waals surface area contributed by atoms with Gasteiger partial charge >= 0.3 is 0 Å². The molecular weight excluding hydrogens is 444 g/mol. The Morgan fingerprint density at radius 1 is 1.12 bits per heavy atom. The number of carbonyl (C=O) groups is 1. The third-order valence-electron chi connectivity index (χ3n) is 5.37. The molecule has 1 aromatic heterocycles. The van der Waals surface area contributed by atoms with Crippen LogP contribution in [0.15, 0.2) is 77.0 Å². The summed E-state index contributed by atoms with van der Waals surface area (Å²) >= 11 is 1.67. The van der Waals surface area contributed by atoms with E-state index in [1.54, 1.807) is 59.9 Å². The molecule has 2 heterocycles. The number of ether oxygens (including phenoxy) is 1. The van der Waals surface area contributed by atoms with E-state index in [1.807, 2.05) is 16.3 Å². The van der Waals surface area contributed by atoms with E-state index in [4.69, 9.17) is 4.74 Å². The Morgan fingerprint density at radius 3 is 2.62 bits per heavy atom. The smallest absolute Gasteiger partial charge is 0.262 e. The largest absolute Gasteiger partial charge is 0.495 e. The summed E-state index contributed by atoms with van der Waals surface area (Å²) in [6.07, 6.45) is 5.25. The Morgan fingerprint density at radius 2 is 1.91 bits per heavy atom. The van der Waals surface area contributed by atoms with Crippen LogP contribution in [0.1, 0.15) is 29.3 Å². The first-order valence-electron chi connectivity index (χ1n) is 10.3. The summed E-state index contributed by atoms with van der Waals surface area (Å²) in [7, 11) is -2.28. The van der Waals surface area contributed by atoms with E-state index in [1.165, 1.54) is 24.1 Å². The maximum atomic E-state index is 12.7. The number of hydrogen-bond acceptors (Lipinski definition) is 5. The summed E-state index contributed by atoms with van der Waals surface area (Å²) in [4.78, 5) is 16.0. The molecular formula is C24H24N2O4S2. The minimum atomic E-state index is -3.77. The van der Waals surface area contributed by atoms with Gasteiger partial charge in [-0.2, -0.15) is 0 Å². The molecule has 0 spiro atoms. The van der Waals surface area contributed by atoms with Crippen LogP contribution in [0.5, 0.6) is 5.75 Å². The molecule has 1 amide bonds. The number of para-hydroxylation sites is 2. The highest BCUT2D eigenvalue weighted by Crippen LogP contribution is 2.34. The number of thiophene rings is 1. The number of likely N-dealkylation sites (tertiary alicyclic amines) is 1. The van der Waals surface area contributed by atoms with Gasteiger partial charge in [0, 0.05) is 17.5 Å². The van der Waals surface area contributed by atoms with Gasteiger partial charge in [-0.05, 0) is 60.2 Å². The molecule has 0 radical (unpaired) electrons. The standard InChI is InChI=1S/C24H24N2O4S2/c1-30-22-8-3-2-6-20(22)25-32(28,29)19-13-10-18(11-14-19)12-15-24(27)26-16-4-7-21(26)23-9-5-17-31-23/h2-3,5-6,8-15,17,21,25H,4,7,16H2,1H3/b15-12+. The van der Waals surface area contributed by atoms with Crippen molar-refractivity contribution in [1.82, 2.24) is 4.90 Å². The van der Waals surface area contributed by atoms with Gasteiger partial charge in [0.05, 0.1) is 23.7 Å². The second-order valence-electron chi connectivity index (χ2n) is 7.41. The fourth-order valence-corrected chi connectivity index (χ4v) is 5.71. The van der Waals surface area contributed by atoms with E-state index < -0.39 is 10.0 Å². The van der Waals surface area contributed by atoms with Gasteiger partial charge in [0.2, 0.25) is 5.91 Å². The molecule has 1 N–H and O–H groups in total. The van der Waals surface area contributed by atoms with Crippen molar-refractivity contribution in [2.24, 2.45) is 0 Å². The molecule has 32 heavy (non-hydrogen) atoms. The second-order valence-corrected chi connectivity index (χ2v) is 10.1. The van der Waals surface area contributed by atoms with Crippen molar-refractivity contribution < 1.29 is 17.9 Å². The van der Waals surface area contributed by atoms with Gasteiger partial charge in [0.1, 0.15) is 5.75 Å². The number of amides is 1. The van der Waals surface area contributed by atoms with Crippen LogP contribution in [-0.2, 0) is 14.8 Å². The highest BCUT2D eigenvalue weighted by atomic mass is 32.2. The lowest BCUT2D eigenvalue weighted by Gasteiger charge is -2.22. The van der Waals surface area contributed by atoms with Crippen LogP contribution in [-0.4, -0.2) is 32.9 Å². The molecule has 3 aromatic rings. The average molecular weight is 469 g/mol. The van der Waals surface area contributed by atoms with Crippen LogP contribution in [0, 0.1) is 0 Å². The molecule has 6 nitrogen and oxygen atoms in total. The minimum Gasteiger partial charge on any atom is -0.495 e. The van der Waals surface area contributed by atoms with Crippen LogP contribution < -0.4 is 9.46 Å². The van der Waals surface area contributed by atoms with E-state index in [9.17, 15) is 13.2 Å². The topological polar surface area (TPSA) is 75.7 Å². The van der Waals surface area contributed by atoms with E-state index in [0.717, 1.165) is 24.9 Å². The molecule has 0 saturated carbocycles. The average Bonchev–Trinajstić information content (AvgIpc) is 3.49. The normalized spacial score (nSPS) is 16.4. The van der Waals surface area contributed by atoms with Crippen molar-refractivity contribution in [1.29, 1.82) is 0 Å². The Bertz CT molecular complexity index is 1200. The first-order valence-corrected chi connectivity index (χ1v) is 12.6. The van der Waals surface area contributed by atoms with Crippen molar-refractivity contribution in [2.45, 2.75) is 23.8 Å². The van der Waals surface area contributed by atoms with Gasteiger partial charge in [-0.15, -0.1) is 11.3 Å². The summed E-state index contributed by atoms with van der Waals surface area (Å²) in [5.74, 6) is 0.410. The van der Waals surface area contributed by atoms with E-state index >= 15 is 0 Å². The van der Waals surface area contributed by atoms with E-state index in [0.29, 0.717) is 11.4 Å². The van der Waals surface area contributed by atoms with Gasteiger partial charge in [0.15, 0.2) is 0 Å². The molecule has 0 bridgehead atoms. The summed E-state index contributed by atoms with van der Waals surface area (Å²) in [6, 6.07) is 17.4. The Balaban J connectivity index is 1.44. The zero-order valence-corrected chi connectivity index (χ0v) is 19.2. The first-order chi connectivity index (χ1) is 15.5. The van der Waals surface area contributed by atoms with Gasteiger partial charge in [-0.25, -0.2) is 8.42 Å². The fourth-order valence-electron chi connectivity index (χ4n) is 3.76. The SMILES string of the molecule is COc1ccccc1NS(=O)(=O)c1ccc(/C=C/C(=O)N2CCCC2c2cccs2)cc1. The molecule has 4 rings (SSSR count). The predicted molar refractivity (Wildman–Crippen MR) is 127 cm³/mol. The number of benzene rings is 2.